The first-order valence-corrected chi connectivity index (χ1v) is 5.95. The molecule has 3 aromatic rings. The Bertz CT molecular complexity index is 707. The average molecular weight is 311 g/mol. The predicted molar refractivity (Wildman–Crippen MR) is 67.4 cm³/mol. The van der Waals surface area contributed by atoms with E-state index in [-0.39, 0.29) is 5.82 Å². The van der Waals surface area contributed by atoms with E-state index in [0.717, 1.165) is 0 Å². The maximum atomic E-state index is 13.6. The zero-order valence-corrected chi connectivity index (χ0v) is 10.7. The molecule has 0 atom stereocenters. The van der Waals surface area contributed by atoms with Gasteiger partial charge in [0.05, 0.1) is 28.2 Å². The monoisotopic (exact) mass is 310 g/mol. The molecule has 18 heavy (non-hydrogen) atoms. The number of nitrogens with zero attached hydrogens (tertiary/aromatic N) is 3. The summed E-state index contributed by atoms with van der Waals surface area (Å²) < 4.78 is 20.6. The van der Waals surface area contributed by atoms with Crippen molar-refractivity contribution >= 4 is 32.9 Å². The lowest BCUT2D eigenvalue weighted by Crippen LogP contribution is -2.03. The fourth-order valence-electron chi connectivity index (χ4n) is 1.78. The summed E-state index contributed by atoms with van der Waals surface area (Å²) in [7, 11) is 0. The fourth-order valence-corrected chi connectivity index (χ4v) is 2.12. The molecular weight excluding hydrogens is 303 g/mol. The predicted octanol–water partition coefficient (Wildman–Crippen LogP) is 2.56. The van der Waals surface area contributed by atoms with Crippen molar-refractivity contribution in [2.24, 2.45) is 0 Å². The molecule has 0 aliphatic carbocycles. The smallest absolute Gasteiger partial charge is 0.201 e. The quantitative estimate of drug-likeness (QED) is 0.789. The van der Waals surface area contributed by atoms with E-state index < -0.39 is 0 Å². The van der Waals surface area contributed by atoms with Crippen LogP contribution in [0.2, 0.25) is 0 Å². The molecule has 0 unspecified atom stereocenters. The van der Waals surface area contributed by atoms with Gasteiger partial charge in [0.15, 0.2) is 5.76 Å². The van der Waals surface area contributed by atoms with Gasteiger partial charge in [0.25, 0.3) is 0 Å². The van der Waals surface area contributed by atoms with Crippen LogP contribution in [-0.4, -0.2) is 14.7 Å². The molecule has 0 aliphatic heterocycles. The Labute approximate surface area is 110 Å². The topological polar surface area (TPSA) is 69.9 Å². The van der Waals surface area contributed by atoms with Crippen molar-refractivity contribution in [2.45, 2.75) is 6.54 Å². The number of benzene rings is 1. The maximum Gasteiger partial charge on any atom is 0.201 e. The average Bonchev–Trinajstić information content (AvgIpc) is 2.92. The van der Waals surface area contributed by atoms with E-state index in [1.54, 1.807) is 22.9 Å². The number of imidazole rings is 1. The molecular formula is C11H8BrFN4O. The van der Waals surface area contributed by atoms with Crippen LogP contribution in [0.4, 0.5) is 10.3 Å². The number of hydrogen-bond acceptors (Lipinski definition) is 4. The first-order valence-electron chi connectivity index (χ1n) is 5.15. The summed E-state index contributed by atoms with van der Waals surface area (Å²) in [6.07, 6.45) is 1.54. The number of fused-ring (bicyclic) bond motifs is 1. The lowest BCUT2D eigenvalue weighted by atomic mass is 10.3. The van der Waals surface area contributed by atoms with Crippen LogP contribution in [0.15, 0.2) is 33.4 Å². The third-order valence-corrected chi connectivity index (χ3v) is 3.23. The molecule has 2 N–H and O–H groups in total. The molecule has 1 aromatic carbocycles. The third kappa shape index (κ3) is 1.76. The minimum Gasteiger partial charge on any atom is -0.369 e. The van der Waals surface area contributed by atoms with Gasteiger partial charge in [0.1, 0.15) is 5.82 Å². The number of nitrogens with two attached hydrogens (primary N) is 1. The van der Waals surface area contributed by atoms with Crippen LogP contribution in [-0.2, 0) is 6.54 Å². The van der Waals surface area contributed by atoms with E-state index in [1.807, 2.05) is 0 Å². The molecule has 0 fully saturated rings. The lowest BCUT2D eigenvalue weighted by Gasteiger charge is -2.03. The highest BCUT2D eigenvalue weighted by Crippen LogP contribution is 2.25. The first-order chi connectivity index (χ1) is 8.65. The zero-order chi connectivity index (χ0) is 12.7. The van der Waals surface area contributed by atoms with Crippen molar-refractivity contribution in [3.63, 3.8) is 0 Å². The SMILES string of the molecule is Nc1nc2cc(Br)c(F)cc2n1Cc1ccno1. The molecule has 0 radical (unpaired) electrons. The Morgan fingerprint density at radius 1 is 1.44 bits per heavy atom. The molecule has 5 nitrogen and oxygen atoms in total. The highest BCUT2D eigenvalue weighted by atomic mass is 79.9. The Kier molecular flexibility index (Phi) is 2.55. The van der Waals surface area contributed by atoms with Crippen LogP contribution < -0.4 is 5.73 Å². The van der Waals surface area contributed by atoms with Crippen LogP contribution in [0.1, 0.15) is 5.76 Å². The molecule has 3 rings (SSSR count). The molecule has 92 valence electrons. The Balaban J connectivity index is 2.16. The summed E-state index contributed by atoms with van der Waals surface area (Å²) in [6, 6.07) is 4.71. The van der Waals surface area contributed by atoms with Crippen LogP contribution in [0.25, 0.3) is 11.0 Å². The van der Waals surface area contributed by atoms with E-state index in [9.17, 15) is 4.39 Å². The summed E-state index contributed by atoms with van der Waals surface area (Å²) >= 11 is 3.12. The molecule has 2 aromatic heterocycles. The van der Waals surface area contributed by atoms with Gasteiger partial charge >= 0.3 is 0 Å². The Hall–Kier alpha value is -1.89. The molecule has 0 saturated carbocycles. The van der Waals surface area contributed by atoms with E-state index in [0.29, 0.717) is 33.8 Å². The summed E-state index contributed by atoms with van der Waals surface area (Å²) in [5.74, 6) is 0.574. The number of nitrogen functional groups attached to an aromatic ring is 1. The molecule has 0 spiro atoms. The van der Waals surface area contributed by atoms with Gasteiger partial charge in [-0.3, -0.25) is 0 Å². The summed E-state index contributed by atoms with van der Waals surface area (Å²) in [4.78, 5) is 4.18. The van der Waals surface area contributed by atoms with Gasteiger partial charge in [-0.1, -0.05) is 5.16 Å². The van der Waals surface area contributed by atoms with Crippen molar-refractivity contribution in [3.8, 4) is 0 Å². The third-order valence-electron chi connectivity index (χ3n) is 2.63. The number of aromatic nitrogens is 3. The lowest BCUT2D eigenvalue weighted by molar-refractivity contribution is 0.378. The van der Waals surface area contributed by atoms with Crippen molar-refractivity contribution in [1.82, 2.24) is 14.7 Å². The van der Waals surface area contributed by atoms with Gasteiger partial charge in [-0.05, 0) is 22.0 Å². The highest BCUT2D eigenvalue weighted by molar-refractivity contribution is 9.10. The summed E-state index contributed by atoms with van der Waals surface area (Å²) in [5, 5.41) is 3.61. The fraction of sp³-hybridized carbons (Fsp3) is 0.0909. The van der Waals surface area contributed by atoms with Gasteiger partial charge in [-0.25, -0.2) is 9.37 Å². The minimum atomic E-state index is -0.360. The van der Waals surface area contributed by atoms with E-state index in [1.165, 1.54) is 6.07 Å². The summed E-state index contributed by atoms with van der Waals surface area (Å²) in [6.45, 7) is 0.364. The van der Waals surface area contributed by atoms with E-state index in [4.69, 9.17) is 10.3 Å². The van der Waals surface area contributed by atoms with Crippen LogP contribution in [0, 0.1) is 5.82 Å². The van der Waals surface area contributed by atoms with Crippen LogP contribution >= 0.6 is 15.9 Å². The number of halogens is 2. The highest BCUT2D eigenvalue weighted by Gasteiger charge is 2.13. The second-order valence-electron chi connectivity index (χ2n) is 3.79. The van der Waals surface area contributed by atoms with Crippen molar-refractivity contribution < 1.29 is 8.91 Å². The van der Waals surface area contributed by atoms with Crippen molar-refractivity contribution in [2.75, 3.05) is 5.73 Å². The molecule has 7 heteroatoms. The van der Waals surface area contributed by atoms with E-state index >= 15 is 0 Å². The zero-order valence-electron chi connectivity index (χ0n) is 9.10. The van der Waals surface area contributed by atoms with Gasteiger partial charge in [-0.2, -0.15) is 0 Å². The van der Waals surface area contributed by atoms with E-state index in [2.05, 4.69) is 26.1 Å². The second kappa shape index (κ2) is 4.09. The van der Waals surface area contributed by atoms with Gasteiger partial charge in [-0.15, -0.1) is 0 Å². The van der Waals surface area contributed by atoms with Gasteiger partial charge in [0.2, 0.25) is 5.95 Å². The molecule has 0 amide bonds. The second-order valence-corrected chi connectivity index (χ2v) is 4.64. The number of anilines is 1. The minimum absolute atomic E-state index is 0.305. The maximum absolute atomic E-state index is 13.6. The molecule has 2 heterocycles. The molecule has 0 saturated heterocycles. The van der Waals surface area contributed by atoms with Crippen LogP contribution in [0.3, 0.4) is 0 Å². The standard InChI is InChI=1S/C11H8BrFN4O/c12-7-3-9-10(4-8(7)13)17(11(14)16-9)5-6-1-2-15-18-6/h1-4H,5H2,(H2,14,16). The largest absolute Gasteiger partial charge is 0.369 e. The number of hydrogen-bond donors (Lipinski definition) is 1. The molecule has 0 aliphatic rings. The van der Waals surface area contributed by atoms with Crippen molar-refractivity contribution in [1.29, 1.82) is 0 Å². The van der Waals surface area contributed by atoms with Gasteiger partial charge in [0, 0.05) is 12.1 Å². The van der Waals surface area contributed by atoms with Crippen molar-refractivity contribution in [3.05, 3.63) is 40.4 Å². The summed E-state index contributed by atoms with van der Waals surface area (Å²) in [5.41, 5.74) is 7.06. The number of rotatable bonds is 2. The molecule has 0 bridgehead atoms. The Morgan fingerprint density at radius 3 is 3.00 bits per heavy atom. The van der Waals surface area contributed by atoms with Gasteiger partial charge < -0.3 is 14.8 Å². The first kappa shape index (κ1) is 11.2. The normalized spacial score (nSPS) is 11.2. The van der Waals surface area contributed by atoms with Crippen LogP contribution in [0.5, 0.6) is 0 Å². The Morgan fingerprint density at radius 2 is 2.28 bits per heavy atom.